The van der Waals surface area contributed by atoms with E-state index in [9.17, 15) is 19.8 Å². The number of esters is 2. The minimum atomic E-state index is -1.97. The number of hydrogen-bond acceptors (Lipinski definition) is 21. The highest BCUT2D eigenvalue weighted by Crippen LogP contribution is 2.40. The van der Waals surface area contributed by atoms with Gasteiger partial charge in [-0.05, 0) is 66.8 Å². The van der Waals surface area contributed by atoms with Crippen LogP contribution in [-0.4, -0.2) is 193 Å². The zero-order valence-corrected chi connectivity index (χ0v) is 47.9. The predicted molar refractivity (Wildman–Crippen MR) is 274 cm³/mol. The second-order valence-corrected chi connectivity index (χ2v) is 22.6. The van der Waals surface area contributed by atoms with Crippen molar-refractivity contribution >= 4 is 29.5 Å². The van der Waals surface area contributed by atoms with Crippen LogP contribution in [0.25, 0.3) is 0 Å². The van der Waals surface area contributed by atoms with E-state index in [1.54, 1.807) is 41.5 Å². The second-order valence-electron chi connectivity index (χ2n) is 22.6. The van der Waals surface area contributed by atoms with Crippen molar-refractivity contribution < 1.29 is 86.3 Å². The number of imidazole rings is 1. The van der Waals surface area contributed by atoms with E-state index in [2.05, 4.69) is 22.0 Å². The third kappa shape index (κ3) is 15.6. The lowest BCUT2D eigenvalue weighted by molar-refractivity contribution is -0.305. The summed E-state index contributed by atoms with van der Waals surface area (Å²) >= 11 is 0. The van der Waals surface area contributed by atoms with Gasteiger partial charge in [0.15, 0.2) is 30.3 Å². The molecule has 0 aromatic carbocycles. The lowest BCUT2D eigenvalue weighted by atomic mass is 9.74. The van der Waals surface area contributed by atoms with Crippen LogP contribution in [0.3, 0.4) is 0 Å². The van der Waals surface area contributed by atoms with E-state index >= 15 is 9.59 Å². The fourth-order valence-corrected chi connectivity index (χ4v) is 11.4. The van der Waals surface area contributed by atoms with Crippen LogP contribution in [0.15, 0.2) is 23.9 Å². The number of ether oxygens (including phenoxy) is 11. The zero-order chi connectivity index (χ0) is 56.5. The van der Waals surface area contributed by atoms with Gasteiger partial charge >= 0.3 is 18.0 Å². The van der Waals surface area contributed by atoms with Gasteiger partial charge in [-0.1, -0.05) is 53.6 Å². The Hall–Kier alpha value is -3.68. The molecule has 1 aromatic heterocycles. The minimum absolute atomic E-state index is 0.00697. The average Bonchev–Trinajstić information content (AvgIpc) is 3.87. The fourth-order valence-electron chi connectivity index (χ4n) is 11.4. The molecule has 22 atom stereocenters. The topological polar surface area (TPSA) is 253 Å². The molecule has 1 aromatic rings. The van der Waals surface area contributed by atoms with E-state index in [1.807, 2.05) is 41.7 Å². The molecule has 2 N–H and O–H groups in total. The van der Waals surface area contributed by atoms with Crippen LogP contribution in [0, 0.1) is 41.4 Å². The molecule has 76 heavy (non-hydrogen) atoms. The summed E-state index contributed by atoms with van der Waals surface area (Å²) in [7, 11) is 6.29. The number of aliphatic hydroxyl groups is 2. The summed E-state index contributed by atoms with van der Waals surface area (Å²) in [6.07, 6.45) is -9.49. The highest BCUT2D eigenvalue weighted by molar-refractivity contribution is 5.92. The fraction of sp³-hybridized carbons (Fsp3) is 0.852. The number of methoxy groups -OCH3 is 2. The van der Waals surface area contributed by atoms with Crippen LogP contribution in [0.1, 0.15) is 116 Å². The molecule has 5 rings (SSSR count). The first kappa shape index (κ1) is 63.2. The summed E-state index contributed by atoms with van der Waals surface area (Å²) < 4.78 is 71.2. The molecule has 0 saturated carbocycles. The number of carbonyl (C=O) groups excluding carboxylic acids is 4. The molecule has 0 radical (unpaired) electrons. The first-order chi connectivity index (χ1) is 35.7. The van der Waals surface area contributed by atoms with Crippen LogP contribution < -0.4 is 0 Å². The molecular formula is C54H90N4O18. The van der Waals surface area contributed by atoms with Gasteiger partial charge in [0, 0.05) is 76.2 Å². The molecule has 4 aliphatic heterocycles. The summed E-state index contributed by atoms with van der Waals surface area (Å²) in [5, 5.41) is 26.8. The van der Waals surface area contributed by atoms with Gasteiger partial charge < -0.3 is 72.1 Å². The molecule has 22 heteroatoms. The van der Waals surface area contributed by atoms with Crippen LogP contribution >= 0.6 is 0 Å². The van der Waals surface area contributed by atoms with Gasteiger partial charge in [0.25, 0.3) is 0 Å². The average molecular weight is 1080 g/mol. The summed E-state index contributed by atoms with van der Waals surface area (Å²) in [6, 6.07) is 0.0133. The summed E-state index contributed by atoms with van der Waals surface area (Å²) in [5.74, 6) is -7.41. The molecule has 0 bridgehead atoms. The maximum Gasteiger partial charge on any atom is 0.420 e. The number of aromatic nitrogens is 2. The molecule has 4 saturated heterocycles. The van der Waals surface area contributed by atoms with Crippen molar-refractivity contribution in [1.82, 2.24) is 14.5 Å². The Morgan fingerprint density at radius 3 is 2.16 bits per heavy atom. The molecule has 4 aliphatic rings. The molecule has 5 heterocycles. The van der Waals surface area contributed by atoms with Crippen molar-refractivity contribution in [2.45, 2.75) is 213 Å². The van der Waals surface area contributed by atoms with Crippen molar-refractivity contribution in [3.8, 4) is 0 Å². The van der Waals surface area contributed by atoms with Crippen LogP contribution in [-0.2, 0) is 71.3 Å². The Morgan fingerprint density at radius 2 is 1.54 bits per heavy atom. The lowest BCUT2D eigenvalue weighted by Gasteiger charge is -2.45. The molecular weight excluding hydrogens is 993 g/mol. The van der Waals surface area contributed by atoms with Crippen molar-refractivity contribution in [3.63, 3.8) is 0 Å². The Kier molecular flexibility index (Phi) is 23.2. The van der Waals surface area contributed by atoms with Gasteiger partial charge in [-0.2, -0.15) is 0 Å². The number of likely N-dealkylation sites (N-methyl/N-ethyl adjacent to an activating group) is 1. The number of cyclic esters (lactones) is 1. The third-order valence-corrected chi connectivity index (χ3v) is 15.6. The first-order valence-corrected chi connectivity index (χ1v) is 27.0. The molecule has 4 fully saturated rings. The number of hydrogen-bond donors (Lipinski definition) is 2. The minimum Gasteiger partial charge on any atom is -0.461 e. The van der Waals surface area contributed by atoms with Crippen molar-refractivity contribution in [3.05, 3.63) is 18.7 Å². The van der Waals surface area contributed by atoms with E-state index < -0.39 is 145 Å². The number of oxime groups is 1. The Morgan fingerprint density at radius 1 is 0.855 bits per heavy atom. The van der Waals surface area contributed by atoms with Crippen LogP contribution in [0.5, 0.6) is 0 Å². The van der Waals surface area contributed by atoms with E-state index in [1.165, 1.54) is 47.0 Å². The van der Waals surface area contributed by atoms with Gasteiger partial charge in [-0.25, -0.2) is 14.3 Å². The van der Waals surface area contributed by atoms with Crippen molar-refractivity contribution in [2.24, 2.45) is 46.6 Å². The van der Waals surface area contributed by atoms with Crippen molar-refractivity contribution in [2.75, 3.05) is 41.5 Å². The maximum atomic E-state index is 15.7. The molecule has 0 spiro atoms. The number of ketones is 1. The third-order valence-electron chi connectivity index (χ3n) is 15.6. The predicted octanol–water partition coefficient (Wildman–Crippen LogP) is 5.16. The van der Waals surface area contributed by atoms with E-state index in [0.717, 1.165) is 4.57 Å². The van der Waals surface area contributed by atoms with Gasteiger partial charge in [-0.3, -0.25) is 14.4 Å². The van der Waals surface area contributed by atoms with Crippen LogP contribution in [0.4, 0.5) is 4.79 Å². The second kappa shape index (κ2) is 28.0. The Labute approximate surface area is 449 Å². The largest absolute Gasteiger partial charge is 0.461 e. The van der Waals surface area contributed by atoms with Gasteiger partial charge in [0.05, 0.1) is 54.7 Å². The first-order valence-electron chi connectivity index (χ1n) is 27.0. The number of rotatable bonds is 15. The van der Waals surface area contributed by atoms with Gasteiger partial charge in [0.2, 0.25) is 0 Å². The number of aliphatic hydroxyl groups excluding tert-OH is 2. The molecule has 434 valence electrons. The zero-order valence-electron chi connectivity index (χ0n) is 47.9. The summed E-state index contributed by atoms with van der Waals surface area (Å²) in [4.78, 5) is 70.4. The SMILES string of the molecule is CON=C1C[C@@H](C)O[C@@H](O[C@@H]2[C@@H](C)[C@H](O[C@H]3CC(C)N(C)C[C@H](C)O3)[C@@H](C)C(=O)O[C@H]([C@@H](C)CO[C@@H]3O[C@H](C)[C@@H](O)[C@@H](OC)[C@H]3OC)[C@H](C)[C@@H](OC(=O)CC(C)C)[C@@H](C)C(=O)[C@@](C)(OC(=O)n3ccnc3)C[C@@H]2C)[C@@H]1O. The molecule has 0 amide bonds. The van der Waals surface area contributed by atoms with Gasteiger partial charge in [-0.15, -0.1) is 0 Å². The molecule has 22 nitrogen and oxygen atoms in total. The summed E-state index contributed by atoms with van der Waals surface area (Å²) in [6.45, 7) is 23.8. The Balaban J connectivity index is 1.71. The van der Waals surface area contributed by atoms with E-state index in [0.29, 0.717) is 13.0 Å². The maximum absolute atomic E-state index is 15.7. The highest BCUT2D eigenvalue weighted by atomic mass is 16.7. The van der Waals surface area contributed by atoms with Crippen LogP contribution in [0.2, 0.25) is 0 Å². The lowest BCUT2D eigenvalue weighted by Crippen LogP contribution is -2.59. The highest BCUT2D eigenvalue weighted by Gasteiger charge is 2.53. The van der Waals surface area contributed by atoms with E-state index in [4.69, 9.17) is 56.9 Å². The summed E-state index contributed by atoms with van der Waals surface area (Å²) in [5.41, 5.74) is -1.68. The van der Waals surface area contributed by atoms with E-state index in [-0.39, 0.29) is 49.6 Å². The standard InChI is InChI=1S/C54H90N4O18/c1-27(2)20-39(59)72-45-34(9)44(29(4)25-68-52-48(66-16)47(65-15)41(60)37(12)71-52)74-50(63)36(11)46(73-40-21-30(5)57(14)24-32(7)69-40)33(8)43(75-51-42(61)38(56-67-17)22-31(6)70-51)28(3)23-54(13,49(62)35(45)10)76-53(64)58-19-18-55-26-58/h18-19,26-37,40-48,51-52,60-61H,20-25H2,1-17H3/t28-,29-,30?,31+,32-,33+,34-,35+,36+,37+,40-,41+,42+,43-,44+,45+,46-,47+,48+,51-,52+,54-/m0/s1. The van der Waals surface area contributed by atoms with Gasteiger partial charge in [0.1, 0.15) is 50.1 Å². The molecule has 1 unspecified atom stereocenters. The monoisotopic (exact) mass is 1080 g/mol. The normalized spacial score (nSPS) is 40.7. The van der Waals surface area contributed by atoms with Crippen molar-refractivity contribution in [1.29, 1.82) is 0 Å². The molecule has 0 aliphatic carbocycles. The number of Topliss-reactive ketones (excluding diaryl/α,β-unsaturated/α-hetero) is 1. The quantitative estimate of drug-likeness (QED) is 0.131. The smallest absolute Gasteiger partial charge is 0.420 e. The number of nitrogens with zero attached hydrogens (tertiary/aromatic N) is 4. The number of carbonyl (C=O) groups is 4. The Bertz CT molecular complexity index is 2050.